The number of aliphatic hydroxyl groups is 1. The minimum atomic E-state index is -0.801. The smallest absolute Gasteiger partial charge is 0.211 e. The van der Waals surface area contributed by atoms with Crippen LogP contribution in [-0.2, 0) is 20.9 Å². The first-order valence-corrected chi connectivity index (χ1v) is 11.7. The van der Waals surface area contributed by atoms with Crippen molar-refractivity contribution in [2.45, 2.75) is 70.4 Å². The van der Waals surface area contributed by atoms with Gasteiger partial charge in [-0.1, -0.05) is 92.8 Å². The van der Waals surface area contributed by atoms with Gasteiger partial charge < -0.3 is 14.6 Å². The Balaban J connectivity index is 1.73. The highest BCUT2D eigenvalue weighted by Crippen LogP contribution is 2.35. The van der Waals surface area contributed by atoms with E-state index in [0.717, 1.165) is 30.4 Å². The molecule has 4 atom stereocenters. The lowest BCUT2D eigenvalue weighted by atomic mass is 9.87. The Morgan fingerprint density at radius 3 is 2.50 bits per heavy atom. The van der Waals surface area contributed by atoms with Crippen molar-refractivity contribution < 1.29 is 19.4 Å². The Bertz CT molecular complexity index is 869. The molecule has 0 unspecified atom stereocenters. The highest BCUT2D eigenvalue weighted by atomic mass is 16.5. The molecule has 2 aromatic carbocycles. The summed E-state index contributed by atoms with van der Waals surface area (Å²) < 4.78 is 12.1. The number of carbonyl (C=O) groups is 1. The van der Waals surface area contributed by atoms with Gasteiger partial charge in [-0.15, -0.1) is 0 Å². The van der Waals surface area contributed by atoms with E-state index in [1.807, 2.05) is 60.7 Å². The Morgan fingerprint density at radius 2 is 1.78 bits per heavy atom. The molecule has 1 saturated heterocycles. The maximum absolute atomic E-state index is 13.2. The van der Waals surface area contributed by atoms with Gasteiger partial charge in [0.2, 0.25) is 5.78 Å². The lowest BCUT2D eigenvalue weighted by Gasteiger charge is -2.24. The third kappa shape index (κ3) is 7.31. The summed E-state index contributed by atoms with van der Waals surface area (Å²) in [6, 6.07) is 19.6. The molecule has 1 aliphatic heterocycles. The van der Waals surface area contributed by atoms with E-state index in [2.05, 4.69) is 18.8 Å². The number of carbonyl (C=O) groups excluding carboxylic acids is 1. The van der Waals surface area contributed by atoms with Crippen LogP contribution in [0.3, 0.4) is 0 Å². The van der Waals surface area contributed by atoms with Crippen LogP contribution >= 0.6 is 0 Å². The van der Waals surface area contributed by atoms with E-state index < -0.39 is 24.2 Å². The minimum Gasteiger partial charge on any atom is -0.388 e. The standard InChI is InChI=1S/C28H34O4/c1-2-3-4-5-6-13-18-25(29)24-19-27(31-20-22-14-9-7-10-15-22)26(30)21-32-28(24)23-16-11-8-12-17-23/h7-12,14-17,24,26-28,30H,2-6,19-21H2,1H3/t24-,26+,27-,28-/m0/s1. The number of hydrogen-bond acceptors (Lipinski definition) is 4. The summed E-state index contributed by atoms with van der Waals surface area (Å²) in [6.07, 6.45) is 3.88. The lowest BCUT2D eigenvalue weighted by Crippen LogP contribution is -2.33. The molecular weight excluding hydrogens is 400 g/mol. The number of benzene rings is 2. The van der Waals surface area contributed by atoms with Gasteiger partial charge in [0.25, 0.3) is 0 Å². The van der Waals surface area contributed by atoms with Gasteiger partial charge in [0, 0.05) is 6.42 Å². The van der Waals surface area contributed by atoms with Crippen LogP contribution in [-0.4, -0.2) is 29.7 Å². The third-order valence-corrected chi connectivity index (χ3v) is 5.87. The number of unbranched alkanes of at least 4 members (excludes halogenated alkanes) is 4. The van der Waals surface area contributed by atoms with Crippen LogP contribution in [0.1, 0.15) is 62.7 Å². The molecule has 1 heterocycles. The van der Waals surface area contributed by atoms with Crippen molar-refractivity contribution in [3.8, 4) is 11.8 Å². The second kappa shape index (κ2) is 13.2. The van der Waals surface area contributed by atoms with Crippen molar-refractivity contribution in [1.82, 2.24) is 0 Å². The molecule has 170 valence electrons. The molecule has 0 amide bonds. The van der Waals surface area contributed by atoms with E-state index in [9.17, 15) is 9.90 Å². The van der Waals surface area contributed by atoms with Gasteiger partial charge in [-0.05, 0) is 29.9 Å². The largest absolute Gasteiger partial charge is 0.388 e. The van der Waals surface area contributed by atoms with Crippen molar-refractivity contribution in [3.05, 3.63) is 71.8 Å². The number of Topliss-reactive ketones (excluding diaryl/α,β-unsaturated/α-hetero) is 1. The first-order chi connectivity index (χ1) is 15.7. The zero-order valence-electron chi connectivity index (χ0n) is 18.9. The summed E-state index contributed by atoms with van der Waals surface area (Å²) in [5.74, 6) is 5.29. The van der Waals surface area contributed by atoms with Crippen LogP contribution in [0, 0.1) is 17.8 Å². The topological polar surface area (TPSA) is 55.8 Å². The summed E-state index contributed by atoms with van der Waals surface area (Å²) in [6.45, 7) is 2.67. The zero-order chi connectivity index (χ0) is 22.6. The van der Waals surface area contributed by atoms with Crippen LogP contribution in [0.25, 0.3) is 0 Å². The van der Waals surface area contributed by atoms with Crippen molar-refractivity contribution in [3.63, 3.8) is 0 Å². The molecule has 0 spiro atoms. The van der Waals surface area contributed by atoms with E-state index in [-0.39, 0.29) is 12.4 Å². The van der Waals surface area contributed by atoms with Crippen LogP contribution < -0.4 is 0 Å². The van der Waals surface area contributed by atoms with Gasteiger partial charge in [0.15, 0.2) is 0 Å². The summed E-state index contributed by atoms with van der Waals surface area (Å²) in [5.41, 5.74) is 1.95. The van der Waals surface area contributed by atoms with Gasteiger partial charge in [0.1, 0.15) is 6.10 Å². The highest BCUT2D eigenvalue weighted by molar-refractivity contribution is 5.97. The monoisotopic (exact) mass is 434 g/mol. The fourth-order valence-electron chi connectivity index (χ4n) is 4.01. The molecule has 1 aliphatic rings. The molecular formula is C28H34O4. The van der Waals surface area contributed by atoms with Crippen molar-refractivity contribution in [2.24, 2.45) is 5.92 Å². The summed E-state index contributed by atoms with van der Waals surface area (Å²) >= 11 is 0. The van der Waals surface area contributed by atoms with E-state index in [1.165, 1.54) is 12.8 Å². The number of hydrogen-bond donors (Lipinski definition) is 1. The van der Waals surface area contributed by atoms with E-state index >= 15 is 0 Å². The summed E-state index contributed by atoms with van der Waals surface area (Å²) in [7, 11) is 0. The molecule has 0 bridgehead atoms. The summed E-state index contributed by atoms with van der Waals surface area (Å²) in [5, 5.41) is 10.7. The molecule has 0 aliphatic carbocycles. The van der Waals surface area contributed by atoms with Crippen LogP contribution in [0.5, 0.6) is 0 Å². The maximum Gasteiger partial charge on any atom is 0.211 e. The fraction of sp³-hybridized carbons (Fsp3) is 0.464. The number of ether oxygens (including phenoxy) is 2. The molecule has 0 aromatic heterocycles. The second-order valence-corrected chi connectivity index (χ2v) is 8.39. The first kappa shape index (κ1) is 24.2. The average molecular weight is 435 g/mol. The van der Waals surface area contributed by atoms with Gasteiger partial charge in [0.05, 0.1) is 31.3 Å². The third-order valence-electron chi connectivity index (χ3n) is 5.87. The second-order valence-electron chi connectivity index (χ2n) is 8.39. The van der Waals surface area contributed by atoms with E-state index in [4.69, 9.17) is 9.47 Å². The number of aliphatic hydroxyl groups excluding tert-OH is 1. The number of rotatable bonds is 9. The molecule has 0 radical (unpaired) electrons. The molecule has 32 heavy (non-hydrogen) atoms. The number of ketones is 1. The van der Waals surface area contributed by atoms with Gasteiger partial charge in [-0.3, -0.25) is 4.79 Å². The Labute approximate surface area is 192 Å². The van der Waals surface area contributed by atoms with E-state index in [1.54, 1.807) is 0 Å². The zero-order valence-corrected chi connectivity index (χ0v) is 18.9. The van der Waals surface area contributed by atoms with Crippen LogP contribution in [0.4, 0.5) is 0 Å². The van der Waals surface area contributed by atoms with Gasteiger partial charge in [-0.25, -0.2) is 0 Å². The van der Waals surface area contributed by atoms with Gasteiger partial charge in [-0.2, -0.15) is 0 Å². The molecule has 3 rings (SSSR count). The first-order valence-electron chi connectivity index (χ1n) is 11.7. The SMILES string of the molecule is CCCCCCC#CC(=O)[C@@H]1C[C@H](OCc2ccccc2)[C@H](O)CO[C@H]1c1ccccc1. The molecule has 4 heteroatoms. The molecule has 4 nitrogen and oxygen atoms in total. The highest BCUT2D eigenvalue weighted by Gasteiger charge is 2.38. The fourth-order valence-corrected chi connectivity index (χ4v) is 4.01. The maximum atomic E-state index is 13.2. The molecule has 1 fully saturated rings. The van der Waals surface area contributed by atoms with Crippen LogP contribution in [0.2, 0.25) is 0 Å². The summed E-state index contributed by atoms with van der Waals surface area (Å²) in [4.78, 5) is 13.2. The Morgan fingerprint density at radius 1 is 1.06 bits per heavy atom. The molecule has 0 saturated carbocycles. The van der Waals surface area contributed by atoms with Crippen molar-refractivity contribution >= 4 is 5.78 Å². The predicted molar refractivity (Wildman–Crippen MR) is 126 cm³/mol. The lowest BCUT2D eigenvalue weighted by molar-refractivity contribution is -0.123. The Hall–Kier alpha value is -2.45. The quantitative estimate of drug-likeness (QED) is 0.333. The average Bonchev–Trinajstić information content (AvgIpc) is 3.00. The minimum absolute atomic E-state index is 0.118. The Kier molecular flexibility index (Phi) is 9.97. The van der Waals surface area contributed by atoms with Crippen molar-refractivity contribution in [2.75, 3.05) is 6.61 Å². The van der Waals surface area contributed by atoms with Crippen LogP contribution in [0.15, 0.2) is 60.7 Å². The molecule has 1 N–H and O–H groups in total. The normalized spacial score (nSPS) is 23.1. The van der Waals surface area contributed by atoms with E-state index in [0.29, 0.717) is 13.0 Å². The van der Waals surface area contributed by atoms with Gasteiger partial charge >= 0.3 is 0 Å². The molecule has 2 aromatic rings. The predicted octanol–water partition coefficient (Wildman–Crippen LogP) is 5.25. The van der Waals surface area contributed by atoms with Crippen molar-refractivity contribution in [1.29, 1.82) is 0 Å².